The predicted molar refractivity (Wildman–Crippen MR) is 76.8 cm³/mol. The number of anilines is 2. The summed E-state index contributed by atoms with van der Waals surface area (Å²) in [5.41, 5.74) is 1.77. The van der Waals surface area contributed by atoms with Crippen LogP contribution in [0.5, 0.6) is 0 Å². The molecule has 1 aliphatic rings. The smallest absolute Gasteiger partial charge is 0.223 e. The molecule has 1 N–H and O–H groups in total. The lowest BCUT2D eigenvalue weighted by Crippen LogP contribution is -2.23. The van der Waals surface area contributed by atoms with Crippen LogP contribution in [0.25, 0.3) is 0 Å². The maximum Gasteiger partial charge on any atom is 0.223 e. The number of nitrogens with one attached hydrogen (secondary N) is 1. The number of nitroso groups, excluding NO2 is 1. The molecule has 0 aromatic heterocycles. The maximum absolute atomic E-state index is 11.3. The van der Waals surface area contributed by atoms with E-state index in [4.69, 9.17) is 0 Å². The fraction of sp³-hybridized carbons (Fsp3) is 0.500. The number of amides is 1. The first-order valence-corrected chi connectivity index (χ1v) is 6.57. The highest BCUT2D eigenvalue weighted by Gasteiger charge is 2.17. The molecule has 0 bridgehead atoms. The molecule has 0 atom stereocenters. The van der Waals surface area contributed by atoms with E-state index in [2.05, 4.69) is 10.5 Å². The summed E-state index contributed by atoms with van der Waals surface area (Å²) < 4.78 is 0. The molecule has 1 aromatic carbocycles. The summed E-state index contributed by atoms with van der Waals surface area (Å²) in [6.45, 7) is 2.36. The first-order valence-electron chi connectivity index (χ1n) is 6.57. The number of nitrogens with zero attached hydrogens (tertiary/aromatic N) is 2. The van der Waals surface area contributed by atoms with Crippen LogP contribution in [0.3, 0.4) is 0 Å². The molecule has 5 heteroatoms. The number of carbonyl (C=O) groups is 1. The van der Waals surface area contributed by atoms with Crippen molar-refractivity contribution in [2.24, 2.45) is 11.1 Å². The molecule has 1 amide bonds. The van der Waals surface area contributed by atoms with Gasteiger partial charge in [0.2, 0.25) is 5.91 Å². The number of hydrogen-bond acceptors (Lipinski definition) is 4. The fourth-order valence-corrected chi connectivity index (χ4v) is 2.09. The van der Waals surface area contributed by atoms with Crippen LogP contribution in [0.2, 0.25) is 0 Å². The van der Waals surface area contributed by atoms with Crippen LogP contribution >= 0.6 is 0 Å². The Morgan fingerprint density at radius 2 is 2.21 bits per heavy atom. The normalized spacial score (nSPS) is 14.6. The van der Waals surface area contributed by atoms with Gasteiger partial charge >= 0.3 is 0 Å². The third-order valence-electron chi connectivity index (χ3n) is 3.75. The van der Waals surface area contributed by atoms with Gasteiger partial charge in [-0.3, -0.25) is 4.79 Å². The largest absolute Gasteiger partial charge is 0.383 e. The van der Waals surface area contributed by atoms with E-state index in [9.17, 15) is 9.70 Å². The first-order chi connectivity index (χ1) is 9.11. The Morgan fingerprint density at radius 1 is 1.47 bits per heavy atom. The zero-order valence-electron chi connectivity index (χ0n) is 11.3. The van der Waals surface area contributed by atoms with Crippen LogP contribution in [0.1, 0.15) is 26.2 Å². The van der Waals surface area contributed by atoms with Crippen molar-refractivity contribution in [2.75, 3.05) is 23.8 Å². The molecule has 19 heavy (non-hydrogen) atoms. The van der Waals surface area contributed by atoms with Crippen molar-refractivity contribution in [1.29, 1.82) is 0 Å². The Kier molecular flexibility index (Phi) is 4.14. The topological polar surface area (TPSA) is 61.8 Å². The van der Waals surface area contributed by atoms with Gasteiger partial charge in [-0.15, -0.1) is 4.91 Å². The highest BCUT2D eigenvalue weighted by molar-refractivity contribution is 5.92. The zero-order valence-corrected chi connectivity index (χ0v) is 11.3. The number of rotatable bonds is 5. The summed E-state index contributed by atoms with van der Waals surface area (Å²) in [5, 5.41) is 6.31. The van der Waals surface area contributed by atoms with Gasteiger partial charge in [0.05, 0.1) is 5.69 Å². The van der Waals surface area contributed by atoms with Crippen molar-refractivity contribution in [3.05, 3.63) is 23.1 Å². The molecule has 5 nitrogen and oxygen atoms in total. The van der Waals surface area contributed by atoms with E-state index >= 15 is 0 Å². The third-order valence-corrected chi connectivity index (χ3v) is 3.75. The first kappa shape index (κ1) is 13.5. The van der Waals surface area contributed by atoms with Gasteiger partial charge in [0.1, 0.15) is 5.69 Å². The number of hydrogen-bond donors (Lipinski definition) is 1. The van der Waals surface area contributed by atoms with Crippen molar-refractivity contribution in [3.8, 4) is 0 Å². The maximum atomic E-state index is 11.3. The summed E-state index contributed by atoms with van der Waals surface area (Å²) >= 11 is 0. The molecule has 1 aromatic rings. The fourth-order valence-electron chi connectivity index (χ4n) is 2.09. The number of carbonyl (C=O) groups excluding carboxylic acids is 1. The monoisotopic (exact) mass is 261 g/mol. The predicted octanol–water partition coefficient (Wildman–Crippen LogP) is 3.28. The van der Waals surface area contributed by atoms with Crippen molar-refractivity contribution in [2.45, 2.75) is 26.2 Å². The summed E-state index contributed by atoms with van der Waals surface area (Å²) in [6, 6.07) is 5.26. The van der Waals surface area contributed by atoms with Crippen molar-refractivity contribution in [1.82, 2.24) is 0 Å². The van der Waals surface area contributed by atoms with Gasteiger partial charge in [-0.1, -0.05) is 6.42 Å². The molecule has 0 saturated heterocycles. The van der Waals surface area contributed by atoms with Crippen molar-refractivity contribution in [3.63, 3.8) is 0 Å². The summed E-state index contributed by atoms with van der Waals surface area (Å²) in [5.74, 6) is 0.631. The second-order valence-corrected chi connectivity index (χ2v) is 5.05. The zero-order chi connectivity index (χ0) is 13.8. The van der Waals surface area contributed by atoms with Crippen LogP contribution in [0, 0.1) is 10.8 Å². The summed E-state index contributed by atoms with van der Waals surface area (Å²) in [7, 11) is 1.67. The molecular weight excluding hydrogens is 242 g/mol. The lowest BCUT2D eigenvalue weighted by Gasteiger charge is -2.26. The molecule has 0 radical (unpaired) electrons. The van der Waals surface area contributed by atoms with Gasteiger partial charge in [-0.25, -0.2) is 0 Å². The van der Waals surface area contributed by atoms with Crippen LogP contribution in [-0.4, -0.2) is 19.5 Å². The van der Waals surface area contributed by atoms with Gasteiger partial charge in [0.15, 0.2) is 0 Å². The van der Waals surface area contributed by atoms with Crippen LogP contribution < -0.4 is 10.2 Å². The standard InChI is InChI=1S/C14H19N3O2/c1-10(18)17(2)12-6-7-13(14(8-12)16-19)15-9-11-4-3-5-11/h6-8,11,15H,3-5,9H2,1-2H3. The van der Waals surface area contributed by atoms with E-state index in [1.54, 1.807) is 13.1 Å². The van der Waals surface area contributed by atoms with Gasteiger partial charge in [-0.05, 0) is 42.1 Å². The molecular formula is C14H19N3O2. The Balaban J connectivity index is 2.11. The van der Waals surface area contributed by atoms with Crippen LogP contribution in [0.15, 0.2) is 23.4 Å². The Labute approximate surface area is 113 Å². The van der Waals surface area contributed by atoms with E-state index < -0.39 is 0 Å². The highest BCUT2D eigenvalue weighted by atomic mass is 16.3. The Morgan fingerprint density at radius 3 is 2.74 bits per heavy atom. The molecule has 1 aliphatic carbocycles. The minimum Gasteiger partial charge on any atom is -0.383 e. The van der Waals surface area contributed by atoms with Gasteiger partial charge in [0.25, 0.3) is 0 Å². The van der Waals surface area contributed by atoms with E-state index in [0.717, 1.165) is 12.2 Å². The van der Waals surface area contributed by atoms with Crippen LogP contribution in [-0.2, 0) is 4.79 Å². The third kappa shape index (κ3) is 3.10. The summed E-state index contributed by atoms with van der Waals surface area (Å²) in [6.07, 6.45) is 3.80. The van der Waals surface area contributed by atoms with E-state index in [1.807, 2.05) is 12.1 Å². The highest BCUT2D eigenvalue weighted by Crippen LogP contribution is 2.32. The van der Waals surface area contributed by atoms with E-state index in [1.165, 1.54) is 31.1 Å². The Hall–Kier alpha value is -1.91. The van der Waals surface area contributed by atoms with Crippen LogP contribution in [0.4, 0.5) is 17.1 Å². The molecule has 1 fully saturated rings. The number of benzene rings is 1. The van der Waals surface area contributed by atoms with Crippen molar-refractivity contribution >= 4 is 23.0 Å². The molecule has 1 saturated carbocycles. The second kappa shape index (κ2) is 5.82. The molecule has 102 valence electrons. The summed E-state index contributed by atoms with van der Waals surface area (Å²) in [4.78, 5) is 23.7. The molecule has 0 spiro atoms. The van der Waals surface area contributed by atoms with Gasteiger partial charge in [0, 0.05) is 26.2 Å². The second-order valence-electron chi connectivity index (χ2n) is 5.05. The average molecular weight is 261 g/mol. The Bertz CT molecular complexity index is 484. The molecule has 0 unspecified atom stereocenters. The lowest BCUT2D eigenvalue weighted by atomic mass is 9.85. The van der Waals surface area contributed by atoms with Gasteiger partial charge in [-0.2, -0.15) is 0 Å². The minimum atomic E-state index is -0.0768. The van der Waals surface area contributed by atoms with E-state index in [-0.39, 0.29) is 5.91 Å². The molecule has 2 rings (SSSR count). The SMILES string of the molecule is CC(=O)N(C)c1ccc(NCC2CCC2)c(N=O)c1. The quantitative estimate of drug-likeness (QED) is 0.827. The lowest BCUT2D eigenvalue weighted by molar-refractivity contribution is -0.116. The van der Waals surface area contributed by atoms with E-state index in [0.29, 0.717) is 17.3 Å². The van der Waals surface area contributed by atoms with Gasteiger partial charge < -0.3 is 10.2 Å². The molecule has 0 aliphatic heterocycles. The average Bonchev–Trinajstić information content (AvgIpc) is 2.36. The van der Waals surface area contributed by atoms with Crippen molar-refractivity contribution < 1.29 is 4.79 Å². The minimum absolute atomic E-state index is 0.0768. The molecule has 0 heterocycles.